The first kappa shape index (κ1) is 22.1. The maximum atomic E-state index is 12.7. The number of primary amides is 1. The molecule has 4 amide bonds. The predicted octanol–water partition coefficient (Wildman–Crippen LogP) is 3.38. The van der Waals surface area contributed by atoms with E-state index >= 15 is 0 Å². The maximum absolute atomic E-state index is 12.7. The third kappa shape index (κ3) is 5.21. The highest BCUT2D eigenvalue weighted by Crippen LogP contribution is 2.32. The van der Waals surface area contributed by atoms with Gasteiger partial charge in [-0.3, -0.25) is 24.1 Å². The molecule has 0 unspecified atom stereocenters. The summed E-state index contributed by atoms with van der Waals surface area (Å²) in [6.45, 7) is -0.621. The molecular weight excluding hydrogens is 442 g/mol. The van der Waals surface area contributed by atoms with Crippen LogP contribution in [0.4, 0.5) is 10.5 Å². The van der Waals surface area contributed by atoms with Crippen molar-refractivity contribution in [1.29, 1.82) is 0 Å². The molecule has 3 N–H and O–H groups in total. The SMILES string of the molecule is NC(=O)COc1ccc(/C=C2\SC(=O)N(CC(=O)Nc3cccc4ccccc34)C2=O)cc1. The molecule has 0 bridgehead atoms. The third-order valence-electron chi connectivity index (χ3n) is 4.80. The number of imide groups is 1. The van der Waals surface area contributed by atoms with Gasteiger partial charge in [0.1, 0.15) is 12.3 Å². The number of rotatable bonds is 7. The molecule has 3 aromatic carbocycles. The number of carbonyl (C=O) groups is 4. The molecule has 0 radical (unpaired) electrons. The molecule has 33 heavy (non-hydrogen) atoms. The molecule has 4 rings (SSSR count). The lowest BCUT2D eigenvalue weighted by atomic mass is 10.1. The minimum Gasteiger partial charge on any atom is -0.484 e. The minimum atomic E-state index is -0.586. The summed E-state index contributed by atoms with van der Waals surface area (Å²) in [5.74, 6) is -1.14. The lowest BCUT2D eigenvalue weighted by molar-refractivity contribution is -0.127. The molecule has 1 aliphatic rings. The van der Waals surface area contributed by atoms with E-state index in [2.05, 4.69) is 5.32 Å². The highest BCUT2D eigenvalue weighted by molar-refractivity contribution is 8.18. The summed E-state index contributed by atoms with van der Waals surface area (Å²) in [4.78, 5) is 49.6. The number of thioether (sulfide) groups is 1. The number of fused-ring (bicyclic) bond motifs is 1. The van der Waals surface area contributed by atoms with Gasteiger partial charge in [-0.05, 0) is 47.0 Å². The summed E-state index contributed by atoms with van der Waals surface area (Å²) in [5, 5.41) is 4.10. The van der Waals surface area contributed by atoms with Crippen LogP contribution in [0.5, 0.6) is 5.75 Å². The zero-order chi connectivity index (χ0) is 23.4. The van der Waals surface area contributed by atoms with E-state index in [0.29, 0.717) is 17.0 Å². The van der Waals surface area contributed by atoms with E-state index in [9.17, 15) is 19.2 Å². The van der Waals surface area contributed by atoms with Crippen molar-refractivity contribution >= 4 is 57.3 Å². The topological polar surface area (TPSA) is 119 Å². The van der Waals surface area contributed by atoms with E-state index in [-0.39, 0.29) is 18.1 Å². The summed E-state index contributed by atoms with van der Waals surface area (Å²) in [6.07, 6.45) is 1.56. The van der Waals surface area contributed by atoms with Gasteiger partial charge >= 0.3 is 0 Å². The third-order valence-corrected chi connectivity index (χ3v) is 5.71. The quantitative estimate of drug-likeness (QED) is 0.521. The highest BCUT2D eigenvalue weighted by Gasteiger charge is 2.36. The van der Waals surface area contributed by atoms with Gasteiger partial charge in [-0.25, -0.2) is 0 Å². The van der Waals surface area contributed by atoms with Gasteiger partial charge in [0, 0.05) is 11.1 Å². The van der Waals surface area contributed by atoms with Crippen molar-refractivity contribution in [2.45, 2.75) is 0 Å². The molecule has 1 aliphatic heterocycles. The number of carbonyl (C=O) groups excluding carboxylic acids is 4. The Labute approximate surface area is 193 Å². The van der Waals surface area contributed by atoms with Gasteiger partial charge in [0.25, 0.3) is 17.1 Å². The molecule has 9 heteroatoms. The molecule has 3 aromatic rings. The maximum Gasteiger partial charge on any atom is 0.294 e. The van der Waals surface area contributed by atoms with Gasteiger partial charge in [0.05, 0.1) is 4.91 Å². The van der Waals surface area contributed by atoms with Gasteiger partial charge in [-0.2, -0.15) is 0 Å². The van der Waals surface area contributed by atoms with Gasteiger partial charge < -0.3 is 15.8 Å². The number of nitrogens with one attached hydrogen (secondary N) is 1. The van der Waals surface area contributed by atoms with Gasteiger partial charge in [-0.1, -0.05) is 48.5 Å². The molecule has 1 saturated heterocycles. The van der Waals surface area contributed by atoms with Crippen molar-refractivity contribution in [3.63, 3.8) is 0 Å². The number of ether oxygens (including phenoxy) is 1. The Morgan fingerprint density at radius 3 is 2.48 bits per heavy atom. The Morgan fingerprint density at radius 1 is 1.00 bits per heavy atom. The second-order valence-corrected chi connectivity index (χ2v) is 8.16. The van der Waals surface area contributed by atoms with Crippen LogP contribution in [0.2, 0.25) is 0 Å². The van der Waals surface area contributed by atoms with Crippen molar-refractivity contribution in [2.24, 2.45) is 5.73 Å². The minimum absolute atomic E-state index is 0.212. The van der Waals surface area contributed by atoms with E-state index in [4.69, 9.17) is 10.5 Å². The molecule has 1 fully saturated rings. The van der Waals surface area contributed by atoms with E-state index in [1.807, 2.05) is 36.4 Å². The van der Waals surface area contributed by atoms with Crippen LogP contribution in [0.3, 0.4) is 0 Å². The van der Waals surface area contributed by atoms with Crippen molar-refractivity contribution in [3.05, 3.63) is 77.2 Å². The molecule has 0 aliphatic carbocycles. The average Bonchev–Trinajstić information content (AvgIpc) is 3.06. The molecule has 8 nitrogen and oxygen atoms in total. The molecule has 166 valence electrons. The Morgan fingerprint density at radius 2 is 1.73 bits per heavy atom. The smallest absolute Gasteiger partial charge is 0.294 e. The van der Waals surface area contributed by atoms with Crippen molar-refractivity contribution < 1.29 is 23.9 Å². The second-order valence-electron chi connectivity index (χ2n) is 7.17. The fourth-order valence-corrected chi connectivity index (χ4v) is 4.11. The van der Waals surface area contributed by atoms with Crippen molar-refractivity contribution in [2.75, 3.05) is 18.5 Å². The zero-order valence-electron chi connectivity index (χ0n) is 17.3. The Kier molecular flexibility index (Phi) is 6.41. The van der Waals surface area contributed by atoms with Crippen LogP contribution in [0, 0.1) is 0 Å². The van der Waals surface area contributed by atoms with Gasteiger partial charge in [-0.15, -0.1) is 0 Å². The highest BCUT2D eigenvalue weighted by atomic mass is 32.2. The Hall–Kier alpha value is -4.11. The second kappa shape index (κ2) is 9.58. The number of nitrogens with two attached hydrogens (primary N) is 1. The standard InChI is InChI=1S/C24H19N3O5S/c25-21(28)14-32-17-10-8-15(9-11-17)12-20-23(30)27(24(31)33-20)13-22(29)26-19-7-3-5-16-4-1-2-6-18(16)19/h1-12H,13-14H2,(H2,25,28)(H,26,29)/b20-12-. The molecule has 0 aromatic heterocycles. The number of amides is 4. The van der Waals surface area contributed by atoms with Crippen LogP contribution in [0.15, 0.2) is 71.6 Å². The summed E-state index contributed by atoms with van der Waals surface area (Å²) in [6, 6.07) is 19.7. The van der Waals surface area contributed by atoms with E-state index in [1.54, 1.807) is 36.4 Å². The summed E-state index contributed by atoms with van der Waals surface area (Å²) < 4.78 is 5.19. The zero-order valence-corrected chi connectivity index (χ0v) is 18.1. The van der Waals surface area contributed by atoms with E-state index in [0.717, 1.165) is 27.4 Å². The molecule has 1 heterocycles. The largest absolute Gasteiger partial charge is 0.484 e. The van der Waals surface area contributed by atoms with Crippen LogP contribution in [0.25, 0.3) is 16.8 Å². The number of hydrogen-bond acceptors (Lipinski definition) is 6. The first-order chi connectivity index (χ1) is 15.9. The lowest BCUT2D eigenvalue weighted by Gasteiger charge is -2.13. The summed E-state index contributed by atoms with van der Waals surface area (Å²) in [5.41, 5.74) is 6.31. The van der Waals surface area contributed by atoms with Crippen LogP contribution in [-0.2, 0) is 14.4 Å². The average molecular weight is 461 g/mol. The van der Waals surface area contributed by atoms with E-state index in [1.165, 1.54) is 0 Å². The van der Waals surface area contributed by atoms with Crippen LogP contribution >= 0.6 is 11.8 Å². The number of hydrogen-bond donors (Lipinski definition) is 2. The summed E-state index contributed by atoms with van der Waals surface area (Å²) >= 11 is 0.772. The monoisotopic (exact) mass is 461 g/mol. The molecular formula is C24H19N3O5S. The molecule has 0 spiro atoms. The van der Waals surface area contributed by atoms with Crippen LogP contribution in [-0.4, -0.2) is 41.0 Å². The Bertz CT molecular complexity index is 1280. The number of nitrogens with zero attached hydrogens (tertiary/aromatic N) is 1. The van der Waals surface area contributed by atoms with Crippen LogP contribution in [0.1, 0.15) is 5.56 Å². The number of anilines is 1. The Balaban J connectivity index is 1.42. The summed E-state index contributed by atoms with van der Waals surface area (Å²) in [7, 11) is 0. The van der Waals surface area contributed by atoms with Crippen molar-refractivity contribution in [3.8, 4) is 5.75 Å². The van der Waals surface area contributed by atoms with Crippen molar-refractivity contribution in [1.82, 2.24) is 4.90 Å². The van der Waals surface area contributed by atoms with Gasteiger partial charge in [0.2, 0.25) is 5.91 Å². The predicted molar refractivity (Wildman–Crippen MR) is 126 cm³/mol. The van der Waals surface area contributed by atoms with E-state index < -0.39 is 23.0 Å². The lowest BCUT2D eigenvalue weighted by Crippen LogP contribution is -2.36. The fraction of sp³-hybridized carbons (Fsp3) is 0.0833. The normalized spacial score (nSPS) is 14.7. The van der Waals surface area contributed by atoms with Gasteiger partial charge in [0.15, 0.2) is 6.61 Å². The molecule has 0 saturated carbocycles. The first-order valence-electron chi connectivity index (χ1n) is 9.95. The fourth-order valence-electron chi connectivity index (χ4n) is 3.27. The van der Waals surface area contributed by atoms with Crippen LogP contribution < -0.4 is 15.8 Å². The first-order valence-corrected chi connectivity index (χ1v) is 10.8. The molecule has 0 atom stereocenters. The number of benzene rings is 3.